The third-order valence-electron chi connectivity index (χ3n) is 3.57. The van der Waals surface area contributed by atoms with Crippen molar-refractivity contribution in [1.82, 2.24) is 9.55 Å². The minimum atomic E-state index is -1.10. The van der Waals surface area contributed by atoms with Crippen LogP contribution in [-0.2, 0) is 13.0 Å². The standard InChI is InChI=1S/C16H13BrN2O3S/c1-2-12-18-14-13(11(8-23-14)16(21)22)15(20)19(12)7-9-3-5-10(17)6-4-9/h3-6,8H,2,7H2,1H3,(H,21,22). The van der Waals surface area contributed by atoms with Crippen molar-refractivity contribution in [1.29, 1.82) is 0 Å². The van der Waals surface area contributed by atoms with Gasteiger partial charge in [0.05, 0.1) is 17.5 Å². The number of carbonyl (C=O) groups is 1. The predicted octanol–water partition coefficient (Wildman–Crippen LogP) is 3.53. The molecule has 118 valence electrons. The third-order valence-corrected chi connectivity index (χ3v) is 4.97. The normalized spacial score (nSPS) is 11.0. The second kappa shape index (κ2) is 6.25. The number of fused-ring (bicyclic) bond motifs is 1. The molecule has 23 heavy (non-hydrogen) atoms. The second-order valence-corrected chi connectivity index (χ2v) is 6.81. The van der Waals surface area contributed by atoms with Crippen molar-refractivity contribution >= 4 is 43.5 Å². The summed E-state index contributed by atoms with van der Waals surface area (Å²) in [5.74, 6) is -0.446. The molecule has 5 nitrogen and oxygen atoms in total. The van der Waals surface area contributed by atoms with Crippen LogP contribution in [0.15, 0.2) is 38.9 Å². The number of hydrogen-bond acceptors (Lipinski definition) is 4. The molecule has 0 aliphatic carbocycles. The van der Waals surface area contributed by atoms with Gasteiger partial charge in [-0.2, -0.15) is 0 Å². The molecular weight excluding hydrogens is 380 g/mol. The van der Waals surface area contributed by atoms with Gasteiger partial charge in [-0.05, 0) is 17.7 Å². The SMILES string of the molecule is CCc1nc2scc(C(=O)O)c2c(=O)n1Cc1ccc(Br)cc1. The molecule has 3 aromatic rings. The number of carboxylic acids is 1. The number of aromatic carboxylic acids is 1. The maximum absolute atomic E-state index is 12.8. The zero-order valence-corrected chi connectivity index (χ0v) is 14.6. The summed E-state index contributed by atoms with van der Waals surface area (Å²) in [7, 11) is 0. The molecule has 0 amide bonds. The number of thiophene rings is 1. The van der Waals surface area contributed by atoms with E-state index in [1.165, 1.54) is 16.7 Å². The quantitative estimate of drug-likeness (QED) is 0.736. The van der Waals surface area contributed by atoms with Crippen molar-refractivity contribution in [2.75, 3.05) is 0 Å². The molecule has 1 aromatic carbocycles. The predicted molar refractivity (Wildman–Crippen MR) is 93.5 cm³/mol. The zero-order chi connectivity index (χ0) is 16.6. The van der Waals surface area contributed by atoms with Crippen molar-refractivity contribution in [3.05, 3.63) is 61.4 Å². The fourth-order valence-corrected chi connectivity index (χ4v) is 3.61. The Morgan fingerprint density at radius 3 is 2.65 bits per heavy atom. The molecule has 0 aliphatic rings. The van der Waals surface area contributed by atoms with Crippen LogP contribution in [0.5, 0.6) is 0 Å². The van der Waals surface area contributed by atoms with E-state index in [0.29, 0.717) is 23.6 Å². The number of aromatic nitrogens is 2. The van der Waals surface area contributed by atoms with Gasteiger partial charge >= 0.3 is 5.97 Å². The van der Waals surface area contributed by atoms with E-state index in [-0.39, 0.29) is 16.5 Å². The van der Waals surface area contributed by atoms with Crippen LogP contribution in [0.2, 0.25) is 0 Å². The Labute approximate surface area is 144 Å². The fraction of sp³-hybridized carbons (Fsp3) is 0.188. The van der Waals surface area contributed by atoms with Crippen LogP contribution in [0.3, 0.4) is 0 Å². The van der Waals surface area contributed by atoms with E-state index in [9.17, 15) is 14.7 Å². The molecule has 0 spiro atoms. The molecule has 1 N–H and O–H groups in total. The minimum Gasteiger partial charge on any atom is -0.478 e. The number of halogens is 1. The van der Waals surface area contributed by atoms with Gasteiger partial charge in [-0.3, -0.25) is 9.36 Å². The number of benzene rings is 1. The van der Waals surface area contributed by atoms with Gasteiger partial charge in [0.2, 0.25) is 0 Å². The second-order valence-electron chi connectivity index (χ2n) is 5.03. The molecule has 0 aliphatic heterocycles. The molecule has 7 heteroatoms. The van der Waals surface area contributed by atoms with Gasteiger partial charge in [-0.1, -0.05) is 35.0 Å². The largest absolute Gasteiger partial charge is 0.478 e. The highest BCUT2D eigenvalue weighted by molar-refractivity contribution is 9.10. The van der Waals surface area contributed by atoms with Crippen LogP contribution in [0.4, 0.5) is 0 Å². The van der Waals surface area contributed by atoms with E-state index in [1.54, 1.807) is 4.57 Å². The fourth-order valence-electron chi connectivity index (χ4n) is 2.43. The summed E-state index contributed by atoms with van der Waals surface area (Å²) in [6, 6.07) is 7.66. The molecule has 0 saturated carbocycles. The van der Waals surface area contributed by atoms with Crippen molar-refractivity contribution in [3.8, 4) is 0 Å². The zero-order valence-electron chi connectivity index (χ0n) is 12.2. The summed E-state index contributed by atoms with van der Waals surface area (Å²) in [6.07, 6.45) is 0.599. The first-order valence-corrected chi connectivity index (χ1v) is 8.67. The smallest absolute Gasteiger partial charge is 0.337 e. The average molecular weight is 393 g/mol. The summed E-state index contributed by atoms with van der Waals surface area (Å²) in [5.41, 5.74) is 0.682. The van der Waals surface area contributed by atoms with E-state index < -0.39 is 5.97 Å². The van der Waals surface area contributed by atoms with Crippen molar-refractivity contribution < 1.29 is 9.90 Å². The van der Waals surface area contributed by atoms with Crippen molar-refractivity contribution in [3.63, 3.8) is 0 Å². The van der Waals surface area contributed by atoms with Gasteiger partial charge in [0, 0.05) is 16.3 Å². The number of rotatable bonds is 4. The van der Waals surface area contributed by atoms with Crippen LogP contribution in [0.25, 0.3) is 10.2 Å². The molecular formula is C16H13BrN2O3S. The first-order chi connectivity index (χ1) is 11.0. The first kappa shape index (κ1) is 15.9. The van der Waals surface area contributed by atoms with Crippen molar-refractivity contribution in [2.24, 2.45) is 0 Å². The highest BCUT2D eigenvalue weighted by atomic mass is 79.9. The molecule has 0 fully saturated rings. The summed E-state index contributed by atoms with van der Waals surface area (Å²) in [6.45, 7) is 2.30. The summed E-state index contributed by atoms with van der Waals surface area (Å²) in [5, 5.41) is 10.9. The van der Waals surface area contributed by atoms with E-state index in [4.69, 9.17) is 0 Å². The lowest BCUT2D eigenvalue weighted by atomic mass is 10.2. The number of nitrogens with zero attached hydrogens (tertiary/aromatic N) is 2. The van der Waals surface area contributed by atoms with E-state index >= 15 is 0 Å². The van der Waals surface area contributed by atoms with Gasteiger partial charge in [0.15, 0.2) is 0 Å². The summed E-state index contributed by atoms with van der Waals surface area (Å²) < 4.78 is 2.52. The van der Waals surface area contributed by atoms with Gasteiger partial charge in [0.1, 0.15) is 10.7 Å². The highest BCUT2D eigenvalue weighted by Crippen LogP contribution is 2.22. The Hall–Kier alpha value is -1.99. The average Bonchev–Trinajstić information content (AvgIpc) is 2.96. The molecule has 0 bridgehead atoms. The minimum absolute atomic E-state index is 0.0229. The Morgan fingerprint density at radius 2 is 2.04 bits per heavy atom. The van der Waals surface area contributed by atoms with Crippen LogP contribution in [0.1, 0.15) is 28.7 Å². The maximum Gasteiger partial charge on any atom is 0.337 e. The molecule has 2 heterocycles. The summed E-state index contributed by atoms with van der Waals surface area (Å²) in [4.78, 5) is 29.1. The Bertz CT molecular complexity index is 944. The van der Waals surface area contributed by atoms with Gasteiger partial charge < -0.3 is 5.11 Å². The molecule has 0 atom stereocenters. The van der Waals surface area contributed by atoms with Crippen LogP contribution in [0, 0.1) is 0 Å². The lowest BCUT2D eigenvalue weighted by molar-refractivity contribution is 0.0699. The Balaban J connectivity index is 2.19. The maximum atomic E-state index is 12.8. The Kier molecular flexibility index (Phi) is 4.32. The van der Waals surface area contributed by atoms with Crippen LogP contribution >= 0.6 is 27.3 Å². The van der Waals surface area contributed by atoms with E-state index in [0.717, 1.165) is 10.0 Å². The molecule has 0 saturated heterocycles. The summed E-state index contributed by atoms with van der Waals surface area (Å²) >= 11 is 4.57. The van der Waals surface area contributed by atoms with Crippen LogP contribution < -0.4 is 5.56 Å². The first-order valence-electron chi connectivity index (χ1n) is 7.00. The van der Waals surface area contributed by atoms with Crippen LogP contribution in [-0.4, -0.2) is 20.6 Å². The van der Waals surface area contributed by atoms with Gasteiger partial charge in [-0.15, -0.1) is 11.3 Å². The number of aryl methyl sites for hydroxylation is 1. The van der Waals surface area contributed by atoms with Gasteiger partial charge in [0.25, 0.3) is 5.56 Å². The molecule has 0 radical (unpaired) electrons. The molecule has 2 aromatic heterocycles. The number of hydrogen-bond donors (Lipinski definition) is 1. The Morgan fingerprint density at radius 1 is 1.35 bits per heavy atom. The topological polar surface area (TPSA) is 72.2 Å². The number of carboxylic acid groups (broad SMARTS) is 1. The van der Waals surface area contributed by atoms with Crippen molar-refractivity contribution in [2.45, 2.75) is 19.9 Å². The third kappa shape index (κ3) is 2.94. The van der Waals surface area contributed by atoms with Gasteiger partial charge in [-0.25, -0.2) is 9.78 Å². The lowest BCUT2D eigenvalue weighted by Crippen LogP contribution is -2.26. The van der Waals surface area contributed by atoms with E-state index in [2.05, 4.69) is 20.9 Å². The monoisotopic (exact) mass is 392 g/mol. The van der Waals surface area contributed by atoms with E-state index in [1.807, 2.05) is 31.2 Å². The molecule has 3 rings (SSSR count). The highest BCUT2D eigenvalue weighted by Gasteiger charge is 2.19. The lowest BCUT2D eigenvalue weighted by Gasteiger charge is -2.11. The molecule has 0 unspecified atom stereocenters.